The molecule has 1 saturated carbocycles. The zero-order valence-corrected chi connectivity index (χ0v) is 21.2. The van der Waals surface area contributed by atoms with Gasteiger partial charge in [-0.15, -0.1) is 0 Å². The highest BCUT2D eigenvalue weighted by molar-refractivity contribution is 7.92. The Morgan fingerprint density at radius 1 is 0.943 bits per heavy atom. The van der Waals surface area contributed by atoms with Gasteiger partial charge in [0.05, 0.1) is 23.1 Å². The number of nitrogens with one attached hydrogen (secondary N) is 2. The number of anilines is 2. The molecule has 2 N–H and O–H groups in total. The maximum Gasteiger partial charge on any atom is 0.264 e. The lowest BCUT2D eigenvalue weighted by atomic mass is 9.91. The summed E-state index contributed by atoms with van der Waals surface area (Å²) in [4.78, 5) is 19.5. The fraction of sp³-hybridized carbons (Fsp3) is 0.333. The standard InChI is InChI=1S/C24H28ClN7O2S/c1-32(2)20-11-9-18(10-12-20)30-24-28-13-17(14-29-24)7-8-19-15-27-23(16-26-19)31-35(33,34)22-6-4-3-5-21(22)25/h3-8,13-16,18,20H,9-12H2,1-2H3,(H,27,31)(H,28,29,30)/b8-7+. The molecule has 0 bridgehead atoms. The summed E-state index contributed by atoms with van der Waals surface area (Å²) in [5.41, 5.74) is 1.38. The van der Waals surface area contributed by atoms with E-state index in [1.165, 1.54) is 37.4 Å². The molecule has 0 radical (unpaired) electrons. The minimum Gasteiger partial charge on any atom is -0.351 e. The summed E-state index contributed by atoms with van der Waals surface area (Å²) < 4.78 is 27.4. The Kier molecular flexibility index (Phi) is 7.94. The van der Waals surface area contributed by atoms with E-state index in [4.69, 9.17) is 11.6 Å². The van der Waals surface area contributed by atoms with Crippen LogP contribution in [0.25, 0.3) is 12.2 Å². The predicted molar refractivity (Wildman–Crippen MR) is 139 cm³/mol. The summed E-state index contributed by atoms with van der Waals surface area (Å²) in [6.07, 6.45) is 14.5. The zero-order valence-electron chi connectivity index (χ0n) is 19.6. The Hall–Kier alpha value is -3.08. The molecule has 35 heavy (non-hydrogen) atoms. The van der Waals surface area contributed by atoms with Crippen LogP contribution in [0.5, 0.6) is 0 Å². The number of rotatable bonds is 8. The lowest BCUT2D eigenvalue weighted by Gasteiger charge is -2.32. The van der Waals surface area contributed by atoms with Crippen molar-refractivity contribution in [3.8, 4) is 0 Å². The summed E-state index contributed by atoms with van der Waals surface area (Å²) in [5, 5.41) is 3.56. The first kappa shape index (κ1) is 25.0. The molecule has 11 heteroatoms. The van der Waals surface area contributed by atoms with E-state index in [1.54, 1.807) is 30.6 Å². The first-order valence-electron chi connectivity index (χ1n) is 11.3. The van der Waals surface area contributed by atoms with Gasteiger partial charge in [-0.2, -0.15) is 0 Å². The van der Waals surface area contributed by atoms with Crippen LogP contribution < -0.4 is 10.0 Å². The van der Waals surface area contributed by atoms with Gasteiger partial charge in [0.2, 0.25) is 5.95 Å². The summed E-state index contributed by atoms with van der Waals surface area (Å²) >= 11 is 5.99. The molecule has 0 unspecified atom stereocenters. The van der Waals surface area contributed by atoms with Crippen molar-refractivity contribution in [2.24, 2.45) is 0 Å². The van der Waals surface area contributed by atoms with Crippen LogP contribution in [-0.4, -0.2) is 59.4 Å². The molecule has 3 aromatic rings. The van der Waals surface area contributed by atoms with Crippen LogP contribution in [0, 0.1) is 0 Å². The molecule has 1 aliphatic carbocycles. The van der Waals surface area contributed by atoms with Crippen molar-refractivity contribution in [3.63, 3.8) is 0 Å². The Morgan fingerprint density at radius 2 is 1.66 bits per heavy atom. The highest BCUT2D eigenvalue weighted by atomic mass is 35.5. The van der Waals surface area contributed by atoms with Gasteiger partial charge in [0.1, 0.15) is 4.90 Å². The number of nitrogens with zero attached hydrogens (tertiary/aromatic N) is 5. The predicted octanol–water partition coefficient (Wildman–Crippen LogP) is 4.18. The number of halogens is 1. The van der Waals surface area contributed by atoms with Crippen molar-refractivity contribution in [2.45, 2.75) is 42.7 Å². The third kappa shape index (κ3) is 6.74. The van der Waals surface area contributed by atoms with Gasteiger partial charge in [-0.05, 0) is 64.1 Å². The molecule has 0 spiro atoms. The molecule has 2 heterocycles. The molecule has 1 aromatic carbocycles. The molecule has 4 rings (SSSR count). The van der Waals surface area contributed by atoms with E-state index in [0.717, 1.165) is 18.4 Å². The van der Waals surface area contributed by atoms with Gasteiger partial charge < -0.3 is 10.2 Å². The topological polar surface area (TPSA) is 113 Å². The molecule has 9 nitrogen and oxygen atoms in total. The van der Waals surface area contributed by atoms with Crippen LogP contribution in [0.4, 0.5) is 11.8 Å². The average Bonchev–Trinajstić information content (AvgIpc) is 2.85. The molecular weight excluding hydrogens is 486 g/mol. The van der Waals surface area contributed by atoms with E-state index in [1.807, 2.05) is 6.08 Å². The molecular formula is C24H28ClN7O2S. The van der Waals surface area contributed by atoms with E-state index in [9.17, 15) is 8.42 Å². The summed E-state index contributed by atoms with van der Waals surface area (Å²) in [6, 6.07) is 7.25. The average molecular weight is 514 g/mol. The fourth-order valence-electron chi connectivity index (χ4n) is 3.93. The third-order valence-corrected chi connectivity index (χ3v) is 7.77. The molecule has 0 saturated heterocycles. The number of hydrogen-bond acceptors (Lipinski definition) is 8. The molecule has 1 fully saturated rings. The molecule has 0 atom stereocenters. The van der Waals surface area contributed by atoms with Gasteiger partial charge >= 0.3 is 0 Å². The van der Waals surface area contributed by atoms with Gasteiger partial charge in [0, 0.05) is 30.0 Å². The maximum atomic E-state index is 12.5. The molecule has 184 valence electrons. The number of sulfonamides is 1. The maximum absolute atomic E-state index is 12.5. The van der Waals surface area contributed by atoms with Gasteiger partial charge in [-0.3, -0.25) is 9.71 Å². The first-order valence-corrected chi connectivity index (χ1v) is 13.2. The Morgan fingerprint density at radius 3 is 2.29 bits per heavy atom. The smallest absolute Gasteiger partial charge is 0.264 e. The number of benzene rings is 1. The fourth-order valence-corrected chi connectivity index (χ4v) is 5.45. The summed E-state index contributed by atoms with van der Waals surface area (Å²) in [6.45, 7) is 0. The second kappa shape index (κ2) is 11.1. The number of hydrogen-bond donors (Lipinski definition) is 2. The van der Waals surface area contributed by atoms with Crippen LogP contribution in [0.3, 0.4) is 0 Å². The van der Waals surface area contributed by atoms with Gasteiger partial charge in [0.15, 0.2) is 5.82 Å². The van der Waals surface area contributed by atoms with Crippen LogP contribution >= 0.6 is 11.6 Å². The largest absolute Gasteiger partial charge is 0.351 e. The van der Waals surface area contributed by atoms with Gasteiger partial charge in [-0.1, -0.05) is 23.7 Å². The van der Waals surface area contributed by atoms with Gasteiger partial charge in [0.25, 0.3) is 10.0 Å². The minimum atomic E-state index is -3.86. The van der Waals surface area contributed by atoms with E-state index < -0.39 is 10.0 Å². The van der Waals surface area contributed by atoms with Crippen molar-refractivity contribution in [3.05, 3.63) is 65.3 Å². The van der Waals surface area contributed by atoms with Crippen molar-refractivity contribution < 1.29 is 8.42 Å². The minimum absolute atomic E-state index is 0.0216. The molecule has 0 aliphatic heterocycles. The normalized spacial score (nSPS) is 18.6. The zero-order chi connectivity index (χ0) is 24.8. The van der Waals surface area contributed by atoms with E-state index >= 15 is 0 Å². The third-order valence-electron chi connectivity index (χ3n) is 5.92. The Bertz CT molecular complexity index is 1260. The Labute approximate surface area is 210 Å². The quantitative estimate of drug-likeness (QED) is 0.461. The lowest BCUT2D eigenvalue weighted by Crippen LogP contribution is -2.36. The van der Waals surface area contributed by atoms with Crippen LogP contribution in [0.15, 0.2) is 53.9 Å². The van der Waals surface area contributed by atoms with E-state index in [2.05, 4.69) is 49.0 Å². The first-order chi connectivity index (χ1) is 16.8. The van der Waals surface area contributed by atoms with E-state index in [-0.39, 0.29) is 15.7 Å². The second-order valence-corrected chi connectivity index (χ2v) is 10.7. The van der Waals surface area contributed by atoms with Crippen LogP contribution in [-0.2, 0) is 10.0 Å². The SMILES string of the molecule is CN(C)C1CCC(Nc2ncc(/C=C/c3cnc(NS(=O)(=O)c4ccccc4Cl)cn3)cn2)CC1. The van der Waals surface area contributed by atoms with E-state index in [0.29, 0.717) is 23.7 Å². The number of aromatic nitrogens is 4. The van der Waals surface area contributed by atoms with Crippen molar-refractivity contribution in [1.82, 2.24) is 24.8 Å². The van der Waals surface area contributed by atoms with Gasteiger partial charge in [-0.25, -0.2) is 23.4 Å². The summed E-state index contributed by atoms with van der Waals surface area (Å²) in [7, 11) is 0.412. The van der Waals surface area contributed by atoms with Crippen molar-refractivity contribution in [2.75, 3.05) is 24.1 Å². The highest BCUT2D eigenvalue weighted by Gasteiger charge is 2.22. The lowest BCUT2D eigenvalue weighted by molar-refractivity contribution is 0.221. The molecule has 0 amide bonds. The molecule has 1 aliphatic rings. The molecule has 2 aromatic heterocycles. The summed E-state index contributed by atoms with van der Waals surface area (Å²) in [5.74, 6) is 0.728. The van der Waals surface area contributed by atoms with Crippen molar-refractivity contribution >= 4 is 45.5 Å². The highest BCUT2D eigenvalue weighted by Crippen LogP contribution is 2.24. The van der Waals surface area contributed by atoms with Crippen LogP contribution in [0.2, 0.25) is 5.02 Å². The van der Waals surface area contributed by atoms with Crippen molar-refractivity contribution in [1.29, 1.82) is 0 Å². The second-order valence-electron chi connectivity index (χ2n) is 8.65. The monoisotopic (exact) mass is 513 g/mol. The Balaban J connectivity index is 1.32. The van der Waals surface area contributed by atoms with Crippen LogP contribution in [0.1, 0.15) is 36.9 Å².